The van der Waals surface area contributed by atoms with Crippen molar-refractivity contribution in [3.8, 4) is 0 Å². The highest BCUT2D eigenvalue weighted by Gasteiger charge is 2.24. The Hall–Kier alpha value is -2.57. The predicted octanol–water partition coefficient (Wildman–Crippen LogP) is 1.98. The summed E-state index contributed by atoms with van der Waals surface area (Å²) in [7, 11) is 0. The molecule has 0 amide bonds. The van der Waals surface area contributed by atoms with E-state index < -0.39 is 5.97 Å². The number of carboxylic acids is 1. The summed E-state index contributed by atoms with van der Waals surface area (Å²) in [4.78, 5) is 30.6. The Balaban J connectivity index is 1.76. The molecule has 0 saturated carbocycles. The molecule has 1 aliphatic rings. The summed E-state index contributed by atoms with van der Waals surface area (Å²) in [6.45, 7) is 3.62. The van der Waals surface area contributed by atoms with Crippen LogP contribution in [0.5, 0.6) is 0 Å². The van der Waals surface area contributed by atoms with Crippen LogP contribution in [-0.2, 0) is 11.2 Å². The molecular formula is C17H21N5O2. The van der Waals surface area contributed by atoms with Crippen LogP contribution in [0.4, 0.5) is 5.95 Å². The van der Waals surface area contributed by atoms with Gasteiger partial charge < -0.3 is 10.0 Å². The highest BCUT2D eigenvalue weighted by atomic mass is 16.4. The Kier molecular flexibility index (Phi) is 4.98. The summed E-state index contributed by atoms with van der Waals surface area (Å²) in [5.74, 6) is 0.922. The van der Waals surface area contributed by atoms with Gasteiger partial charge in [-0.05, 0) is 31.9 Å². The lowest BCUT2D eigenvalue weighted by atomic mass is 9.94. The maximum atomic E-state index is 10.8. The minimum atomic E-state index is -0.808. The standard InChI is InChI=1S/C17H21N5O2/c1-12-20-14(5-6-16(23)24)10-15(21-12)13-4-2-9-22(11-13)17-18-7-3-8-19-17/h3,7-8,10,13H,2,4-6,9,11H2,1H3,(H,23,24)/t13-/m1/s1. The summed E-state index contributed by atoms with van der Waals surface area (Å²) in [5, 5.41) is 8.86. The molecule has 3 rings (SSSR count). The molecule has 0 aromatic carbocycles. The van der Waals surface area contributed by atoms with Gasteiger partial charge in [-0.3, -0.25) is 4.79 Å². The molecule has 0 radical (unpaired) electrons. The zero-order valence-corrected chi connectivity index (χ0v) is 13.7. The van der Waals surface area contributed by atoms with Gasteiger partial charge in [0.2, 0.25) is 5.95 Å². The van der Waals surface area contributed by atoms with Crippen LogP contribution in [0.15, 0.2) is 24.5 Å². The van der Waals surface area contributed by atoms with Gasteiger partial charge in [0.1, 0.15) is 5.82 Å². The first-order valence-electron chi connectivity index (χ1n) is 8.20. The van der Waals surface area contributed by atoms with E-state index >= 15 is 0 Å². The molecule has 0 spiro atoms. The number of aryl methyl sites for hydroxylation is 2. The van der Waals surface area contributed by atoms with Crippen LogP contribution in [0.1, 0.15) is 42.4 Å². The van der Waals surface area contributed by atoms with Crippen molar-refractivity contribution < 1.29 is 9.90 Å². The molecule has 3 heterocycles. The minimum Gasteiger partial charge on any atom is -0.481 e. The lowest BCUT2D eigenvalue weighted by molar-refractivity contribution is -0.136. The van der Waals surface area contributed by atoms with E-state index in [1.54, 1.807) is 12.4 Å². The number of carboxylic acid groups (broad SMARTS) is 1. The van der Waals surface area contributed by atoms with E-state index in [4.69, 9.17) is 5.11 Å². The van der Waals surface area contributed by atoms with E-state index in [9.17, 15) is 4.79 Å². The average Bonchev–Trinajstić information content (AvgIpc) is 2.60. The monoisotopic (exact) mass is 327 g/mol. The summed E-state index contributed by atoms with van der Waals surface area (Å²) in [6.07, 6.45) is 6.14. The summed E-state index contributed by atoms with van der Waals surface area (Å²) in [5.41, 5.74) is 1.79. The van der Waals surface area contributed by atoms with E-state index in [-0.39, 0.29) is 12.3 Å². The molecule has 0 aliphatic carbocycles. The SMILES string of the molecule is Cc1nc(CCC(=O)O)cc([C@@H]2CCCN(c3ncccn3)C2)n1. The van der Waals surface area contributed by atoms with Gasteiger partial charge >= 0.3 is 5.97 Å². The Morgan fingerprint density at radius 2 is 2.12 bits per heavy atom. The molecule has 126 valence electrons. The van der Waals surface area contributed by atoms with Crippen LogP contribution in [-0.4, -0.2) is 44.1 Å². The molecule has 1 atom stereocenters. The number of carbonyl (C=O) groups is 1. The van der Waals surface area contributed by atoms with Crippen molar-refractivity contribution in [2.24, 2.45) is 0 Å². The second-order valence-corrected chi connectivity index (χ2v) is 6.06. The number of aliphatic carboxylic acids is 1. The number of hydrogen-bond donors (Lipinski definition) is 1. The molecule has 24 heavy (non-hydrogen) atoms. The number of hydrogen-bond acceptors (Lipinski definition) is 6. The molecule has 0 bridgehead atoms. The number of aromatic nitrogens is 4. The molecule has 1 saturated heterocycles. The first-order valence-corrected chi connectivity index (χ1v) is 8.20. The van der Waals surface area contributed by atoms with Gasteiger partial charge in [0.05, 0.1) is 6.42 Å². The van der Waals surface area contributed by atoms with Gasteiger partial charge in [0.25, 0.3) is 0 Å². The molecule has 2 aromatic rings. The number of anilines is 1. The fourth-order valence-electron chi connectivity index (χ4n) is 3.08. The smallest absolute Gasteiger partial charge is 0.303 e. The van der Waals surface area contributed by atoms with Crippen LogP contribution in [0.3, 0.4) is 0 Å². The quantitative estimate of drug-likeness (QED) is 0.897. The normalized spacial score (nSPS) is 17.7. The van der Waals surface area contributed by atoms with E-state index in [1.807, 2.05) is 19.1 Å². The predicted molar refractivity (Wildman–Crippen MR) is 88.9 cm³/mol. The minimum absolute atomic E-state index is 0.0878. The second kappa shape index (κ2) is 7.33. The topological polar surface area (TPSA) is 92.1 Å². The second-order valence-electron chi connectivity index (χ2n) is 6.06. The van der Waals surface area contributed by atoms with Crippen LogP contribution >= 0.6 is 0 Å². The van der Waals surface area contributed by atoms with Crippen LogP contribution in [0, 0.1) is 6.92 Å². The van der Waals surface area contributed by atoms with Gasteiger partial charge in [-0.2, -0.15) is 0 Å². The van der Waals surface area contributed by atoms with Gasteiger partial charge in [0.15, 0.2) is 0 Å². The Morgan fingerprint density at radius 3 is 2.88 bits per heavy atom. The third-order valence-electron chi connectivity index (χ3n) is 4.18. The first kappa shape index (κ1) is 16.3. The zero-order chi connectivity index (χ0) is 16.9. The average molecular weight is 327 g/mol. The van der Waals surface area contributed by atoms with Gasteiger partial charge in [-0.15, -0.1) is 0 Å². The van der Waals surface area contributed by atoms with Crippen molar-refractivity contribution in [2.75, 3.05) is 18.0 Å². The number of piperidine rings is 1. The molecule has 7 nitrogen and oxygen atoms in total. The summed E-state index contributed by atoms with van der Waals surface area (Å²) >= 11 is 0. The highest BCUT2D eigenvalue weighted by Crippen LogP contribution is 2.27. The zero-order valence-electron chi connectivity index (χ0n) is 13.7. The van der Waals surface area contributed by atoms with Crippen LogP contribution in [0.25, 0.3) is 0 Å². The molecule has 2 aromatic heterocycles. The summed E-state index contributed by atoms with van der Waals surface area (Å²) < 4.78 is 0. The number of nitrogens with zero attached hydrogens (tertiary/aromatic N) is 5. The van der Waals surface area contributed by atoms with Crippen LogP contribution in [0.2, 0.25) is 0 Å². The van der Waals surface area contributed by atoms with Crippen molar-refractivity contribution >= 4 is 11.9 Å². The molecule has 1 N–H and O–H groups in total. The van der Waals surface area contributed by atoms with E-state index in [1.165, 1.54) is 0 Å². The fraction of sp³-hybridized carbons (Fsp3) is 0.471. The highest BCUT2D eigenvalue weighted by molar-refractivity contribution is 5.66. The van der Waals surface area contributed by atoms with Crippen molar-refractivity contribution in [3.05, 3.63) is 41.7 Å². The third-order valence-corrected chi connectivity index (χ3v) is 4.18. The largest absolute Gasteiger partial charge is 0.481 e. The van der Waals surface area contributed by atoms with Gasteiger partial charge in [0, 0.05) is 49.2 Å². The Morgan fingerprint density at radius 1 is 1.33 bits per heavy atom. The third kappa shape index (κ3) is 4.04. The molecule has 0 unspecified atom stereocenters. The van der Waals surface area contributed by atoms with E-state index in [2.05, 4.69) is 24.8 Å². The maximum absolute atomic E-state index is 10.8. The van der Waals surface area contributed by atoms with Crippen molar-refractivity contribution in [2.45, 2.75) is 38.5 Å². The molecule has 7 heteroatoms. The Bertz CT molecular complexity index is 707. The maximum Gasteiger partial charge on any atom is 0.303 e. The summed E-state index contributed by atoms with van der Waals surface area (Å²) in [6, 6.07) is 3.77. The lowest BCUT2D eigenvalue weighted by Crippen LogP contribution is -2.35. The van der Waals surface area contributed by atoms with Crippen molar-refractivity contribution in [1.82, 2.24) is 19.9 Å². The molecular weight excluding hydrogens is 306 g/mol. The molecule has 1 aliphatic heterocycles. The lowest BCUT2D eigenvalue weighted by Gasteiger charge is -2.32. The van der Waals surface area contributed by atoms with Crippen molar-refractivity contribution in [3.63, 3.8) is 0 Å². The first-order chi connectivity index (χ1) is 11.6. The Labute approximate surface area is 140 Å². The molecule has 1 fully saturated rings. The van der Waals surface area contributed by atoms with Crippen LogP contribution < -0.4 is 4.90 Å². The van der Waals surface area contributed by atoms with E-state index in [0.29, 0.717) is 12.2 Å². The number of rotatable bonds is 5. The van der Waals surface area contributed by atoms with E-state index in [0.717, 1.165) is 43.3 Å². The van der Waals surface area contributed by atoms with Crippen molar-refractivity contribution in [1.29, 1.82) is 0 Å². The van der Waals surface area contributed by atoms with Gasteiger partial charge in [-0.25, -0.2) is 19.9 Å². The van der Waals surface area contributed by atoms with Gasteiger partial charge in [-0.1, -0.05) is 0 Å². The fourth-order valence-corrected chi connectivity index (χ4v) is 3.08.